The molecule has 1 unspecified atom stereocenters. The van der Waals surface area contributed by atoms with Gasteiger partial charge in [-0.2, -0.15) is 0 Å². The highest BCUT2D eigenvalue weighted by Gasteiger charge is 2.13. The summed E-state index contributed by atoms with van der Waals surface area (Å²) in [7, 11) is 0. The number of halogens is 2. The standard InChI is InChI=1S/C16H19ClN4O3S.HI/c1-2-18-16(20-10-13(22)14-7-8-15(17)25-14)19-9-11-5-3-4-6-12(11)21(23)24;/h3-8,13,22H,2,9-10H2,1H3,(H2,18,19,20);1H. The van der Waals surface area contributed by atoms with Crippen molar-refractivity contribution in [2.45, 2.75) is 19.6 Å². The van der Waals surface area contributed by atoms with Crippen LogP contribution in [0.25, 0.3) is 0 Å². The number of nitrogens with one attached hydrogen (secondary N) is 2. The van der Waals surface area contributed by atoms with Gasteiger partial charge in [-0.1, -0.05) is 29.8 Å². The minimum absolute atomic E-state index is 0. The van der Waals surface area contributed by atoms with Gasteiger partial charge < -0.3 is 15.7 Å². The number of thiophene rings is 1. The second-order valence-corrected chi connectivity index (χ2v) is 6.87. The molecular weight excluding hydrogens is 491 g/mol. The van der Waals surface area contributed by atoms with Crippen LogP contribution in [0.4, 0.5) is 5.69 Å². The smallest absolute Gasteiger partial charge is 0.274 e. The third kappa shape index (κ3) is 6.71. The van der Waals surface area contributed by atoms with E-state index in [4.69, 9.17) is 11.6 Å². The molecule has 0 radical (unpaired) electrons. The van der Waals surface area contributed by atoms with Gasteiger partial charge in [0.25, 0.3) is 5.69 Å². The molecule has 26 heavy (non-hydrogen) atoms. The van der Waals surface area contributed by atoms with Gasteiger partial charge in [0, 0.05) is 24.0 Å². The lowest BCUT2D eigenvalue weighted by Gasteiger charge is -2.14. The van der Waals surface area contributed by atoms with Gasteiger partial charge in [0.05, 0.1) is 21.4 Å². The first-order valence-corrected chi connectivity index (χ1v) is 8.88. The molecule has 1 aromatic heterocycles. The first kappa shape index (κ1) is 22.6. The van der Waals surface area contributed by atoms with E-state index >= 15 is 0 Å². The number of nitro benzene ring substituents is 1. The number of guanidine groups is 1. The lowest BCUT2D eigenvalue weighted by atomic mass is 10.2. The summed E-state index contributed by atoms with van der Waals surface area (Å²) in [5.41, 5.74) is 0.561. The summed E-state index contributed by atoms with van der Waals surface area (Å²) < 4.78 is 0.617. The minimum atomic E-state index is -0.715. The molecule has 0 saturated heterocycles. The van der Waals surface area contributed by atoms with Crippen LogP contribution < -0.4 is 10.6 Å². The summed E-state index contributed by atoms with van der Waals surface area (Å²) >= 11 is 7.19. The Morgan fingerprint density at radius 1 is 1.35 bits per heavy atom. The highest BCUT2D eigenvalue weighted by molar-refractivity contribution is 14.0. The zero-order chi connectivity index (χ0) is 18.2. The first-order chi connectivity index (χ1) is 12.0. The van der Waals surface area contributed by atoms with Gasteiger partial charge in [0.1, 0.15) is 6.10 Å². The Kier molecular flexibility index (Phi) is 9.84. The fourth-order valence-corrected chi connectivity index (χ4v) is 3.18. The molecule has 1 aromatic carbocycles. The second kappa shape index (κ2) is 11.3. The Morgan fingerprint density at radius 2 is 2.08 bits per heavy atom. The van der Waals surface area contributed by atoms with Crippen LogP contribution in [0.3, 0.4) is 0 Å². The van der Waals surface area contributed by atoms with Crippen molar-refractivity contribution < 1.29 is 10.0 Å². The fraction of sp³-hybridized carbons (Fsp3) is 0.312. The number of para-hydroxylation sites is 1. The molecule has 0 aliphatic carbocycles. The number of aliphatic imine (C=N–C) groups is 1. The molecule has 0 bridgehead atoms. The Hall–Kier alpha value is -1.43. The maximum absolute atomic E-state index is 11.0. The third-order valence-electron chi connectivity index (χ3n) is 3.33. The van der Waals surface area contributed by atoms with Crippen LogP contribution in [0.5, 0.6) is 0 Å². The molecule has 7 nitrogen and oxygen atoms in total. The molecule has 2 rings (SSSR count). The van der Waals surface area contributed by atoms with Crippen LogP contribution in [0.15, 0.2) is 41.4 Å². The van der Waals surface area contributed by atoms with E-state index in [0.29, 0.717) is 22.4 Å². The predicted octanol–water partition coefficient (Wildman–Crippen LogP) is 3.72. The van der Waals surface area contributed by atoms with Gasteiger partial charge >= 0.3 is 0 Å². The van der Waals surface area contributed by atoms with Crippen LogP contribution >= 0.6 is 46.9 Å². The summed E-state index contributed by atoms with van der Waals surface area (Å²) in [5.74, 6) is 0.474. The number of aliphatic hydroxyl groups excluding tert-OH is 1. The van der Waals surface area contributed by atoms with Crippen molar-refractivity contribution in [3.8, 4) is 0 Å². The summed E-state index contributed by atoms with van der Waals surface area (Å²) in [6, 6.07) is 10.00. The van der Waals surface area contributed by atoms with E-state index < -0.39 is 11.0 Å². The quantitative estimate of drug-likeness (QED) is 0.173. The Labute approximate surface area is 177 Å². The van der Waals surface area contributed by atoms with E-state index in [-0.39, 0.29) is 42.8 Å². The van der Waals surface area contributed by atoms with Crippen molar-refractivity contribution in [1.82, 2.24) is 10.6 Å². The Morgan fingerprint density at radius 3 is 2.69 bits per heavy atom. The molecule has 1 atom stereocenters. The normalized spacial score (nSPS) is 12.2. The second-order valence-electron chi connectivity index (χ2n) is 5.12. The average Bonchev–Trinajstić information content (AvgIpc) is 3.03. The number of hydrogen-bond acceptors (Lipinski definition) is 5. The van der Waals surface area contributed by atoms with Gasteiger partial charge in [0.15, 0.2) is 5.96 Å². The average molecular weight is 511 g/mol. The van der Waals surface area contributed by atoms with Gasteiger partial charge in [-0.15, -0.1) is 35.3 Å². The molecule has 142 valence electrons. The van der Waals surface area contributed by atoms with Gasteiger partial charge in [-0.05, 0) is 19.1 Å². The highest BCUT2D eigenvalue weighted by Crippen LogP contribution is 2.26. The van der Waals surface area contributed by atoms with Crippen LogP contribution in [0.2, 0.25) is 4.34 Å². The number of nitrogens with zero attached hydrogens (tertiary/aromatic N) is 2. The number of nitro groups is 1. The van der Waals surface area contributed by atoms with Gasteiger partial charge in [-0.25, -0.2) is 4.99 Å². The van der Waals surface area contributed by atoms with E-state index in [0.717, 1.165) is 4.88 Å². The number of hydrogen-bond donors (Lipinski definition) is 3. The number of rotatable bonds is 7. The maximum atomic E-state index is 11.0. The molecular formula is C16H20ClIN4O3S. The van der Waals surface area contributed by atoms with E-state index in [2.05, 4.69) is 15.6 Å². The first-order valence-electron chi connectivity index (χ1n) is 7.69. The highest BCUT2D eigenvalue weighted by atomic mass is 127. The zero-order valence-corrected chi connectivity index (χ0v) is 17.9. The fourth-order valence-electron chi connectivity index (χ4n) is 2.13. The summed E-state index contributed by atoms with van der Waals surface area (Å²) in [6.07, 6.45) is -0.715. The number of benzene rings is 1. The largest absolute Gasteiger partial charge is 0.386 e. The van der Waals surface area contributed by atoms with Crippen molar-refractivity contribution in [2.24, 2.45) is 4.99 Å². The minimum Gasteiger partial charge on any atom is -0.386 e. The van der Waals surface area contributed by atoms with E-state index in [1.807, 2.05) is 6.92 Å². The van der Waals surface area contributed by atoms with Crippen molar-refractivity contribution >= 4 is 58.6 Å². The van der Waals surface area contributed by atoms with E-state index in [1.54, 1.807) is 30.3 Å². The summed E-state index contributed by atoms with van der Waals surface area (Å²) in [6.45, 7) is 2.95. The van der Waals surface area contributed by atoms with Crippen LogP contribution in [0, 0.1) is 10.1 Å². The molecule has 0 spiro atoms. The van der Waals surface area contributed by atoms with Crippen molar-refractivity contribution in [1.29, 1.82) is 0 Å². The lowest BCUT2D eigenvalue weighted by molar-refractivity contribution is -0.385. The lowest BCUT2D eigenvalue weighted by Crippen LogP contribution is -2.39. The Balaban J connectivity index is 0.00000338. The molecule has 0 amide bonds. The molecule has 0 aliphatic heterocycles. The summed E-state index contributed by atoms with van der Waals surface area (Å²) in [4.78, 5) is 15.7. The molecule has 0 aliphatic rings. The van der Waals surface area contributed by atoms with Crippen molar-refractivity contribution in [3.05, 3.63) is 61.3 Å². The van der Waals surface area contributed by atoms with Crippen LogP contribution in [-0.2, 0) is 6.54 Å². The Bertz CT molecular complexity index is 757. The molecule has 10 heteroatoms. The molecule has 2 aromatic rings. The van der Waals surface area contributed by atoms with Gasteiger partial charge in [0.2, 0.25) is 0 Å². The number of aliphatic hydroxyl groups is 1. The molecule has 0 fully saturated rings. The maximum Gasteiger partial charge on any atom is 0.274 e. The van der Waals surface area contributed by atoms with Crippen molar-refractivity contribution in [2.75, 3.05) is 13.1 Å². The summed E-state index contributed by atoms with van der Waals surface area (Å²) in [5, 5.41) is 27.3. The molecule has 3 N–H and O–H groups in total. The third-order valence-corrected chi connectivity index (χ3v) is 4.66. The molecule has 1 heterocycles. The predicted molar refractivity (Wildman–Crippen MR) is 116 cm³/mol. The van der Waals surface area contributed by atoms with Crippen LogP contribution in [0.1, 0.15) is 23.5 Å². The van der Waals surface area contributed by atoms with E-state index in [1.165, 1.54) is 17.4 Å². The SMILES string of the molecule is CCNC(=NCc1ccccc1[N+](=O)[O-])NCC(O)c1ccc(Cl)s1.I. The topological polar surface area (TPSA) is 99.8 Å². The van der Waals surface area contributed by atoms with Crippen LogP contribution in [-0.4, -0.2) is 29.1 Å². The monoisotopic (exact) mass is 510 g/mol. The molecule has 0 saturated carbocycles. The van der Waals surface area contributed by atoms with E-state index in [9.17, 15) is 15.2 Å². The van der Waals surface area contributed by atoms with Gasteiger partial charge in [-0.3, -0.25) is 10.1 Å². The zero-order valence-electron chi connectivity index (χ0n) is 14.0. The van der Waals surface area contributed by atoms with Crippen molar-refractivity contribution in [3.63, 3.8) is 0 Å².